The summed E-state index contributed by atoms with van der Waals surface area (Å²) >= 11 is 0. The van der Waals surface area contributed by atoms with E-state index in [9.17, 15) is 19.5 Å². The molecule has 0 aromatic heterocycles. The van der Waals surface area contributed by atoms with Gasteiger partial charge in [-0.2, -0.15) is 0 Å². The van der Waals surface area contributed by atoms with Crippen LogP contribution >= 0.6 is 0 Å². The molecule has 2 N–H and O–H groups in total. The highest BCUT2D eigenvalue weighted by atomic mass is 28.2. The maximum atomic E-state index is 13.0. The number of aliphatic hydroxyl groups is 1. The van der Waals surface area contributed by atoms with Crippen molar-refractivity contribution in [1.29, 1.82) is 0 Å². The van der Waals surface area contributed by atoms with E-state index in [1.807, 2.05) is 30.3 Å². The average molecular weight is 485 g/mol. The van der Waals surface area contributed by atoms with Gasteiger partial charge in [-0.1, -0.05) is 76.2 Å². The van der Waals surface area contributed by atoms with Gasteiger partial charge in [-0.15, -0.1) is 0 Å². The Morgan fingerprint density at radius 1 is 1.09 bits per heavy atom. The molecule has 1 aliphatic heterocycles. The molecule has 1 saturated heterocycles. The van der Waals surface area contributed by atoms with Gasteiger partial charge in [0.25, 0.3) is 0 Å². The summed E-state index contributed by atoms with van der Waals surface area (Å²) < 4.78 is 12.1. The van der Waals surface area contributed by atoms with Gasteiger partial charge in [0, 0.05) is 0 Å². The summed E-state index contributed by atoms with van der Waals surface area (Å²) in [6.07, 6.45) is -2.41. The molecule has 2 aromatic carbocycles. The van der Waals surface area contributed by atoms with E-state index in [4.69, 9.17) is 9.47 Å². The summed E-state index contributed by atoms with van der Waals surface area (Å²) in [6.45, 7) is 8.32. The molecule has 9 heteroatoms. The Morgan fingerprint density at radius 3 is 2.26 bits per heavy atom. The minimum atomic E-state index is -1.62. The van der Waals surface area contributed by atoms with Gasteiger partial charge in [-0.25, -0.2) is 9.59 Å². The molecule has 1 heterocycles. The van der Waals surface area contributed by atoms with E-state index in [0.29, 0.717) is 5.92 Å². The number of amides is 2. The number of rotatable bonds is 9. The van der Waals surface area contributed by atoms with Crippen LogP contribution in [-0.4, -0.2) is 55.5 Å². The Balaban J connectivity index is 1.72. The fraction of sp³-hybridized carbons (Fsp3) is 0.400. The number of alkyl carbamates (subject to hydrolysis) is 1. The van der Waals surface area contributed by atoms with Crippen molar-refractivity contribution >= 4 is 27.7 Å². The van der Waals surface area contributed by atoms with Crippen molar-refractivity contribution in [2.24, 2.45) is 5.92 Å². The number of para-hydroxylation sites is 1. The SMILES string of the molecule is CC(C)C(C)(C)[SiH2]N1C(=O)C(NC(=O)OCc2ccccc2)C1C(O)C(=O)Oc1ccccc1. The molecule has 182 valence electrons. The van der Waals surface area contributed by atoms with Crippen LogP contribution in [0.3, 0.4) is 0 Å². The van der Waals surface area contributed by atoms with Crippen LogP contribution in [0.1, 0.15) is 33.3 Å². The second-order valence-electron chi connectivity index (χ2n) is 9.46. The third kappa shape index (κ3) is 6.03. The van der Waals surface area contributed by atoms with E-state index >= 15 is 0 Å². The minimum Gasteiger partial charge on any atom is -0.445 e. The molecule has 2 aromatic rings. The molecule has 8 nitrogen and oxygen atoms in total. The van der Waals surface area contributed by atoms with Gasteiger partial charge >= 0.3 is 12.1 Å². The number of hydrogen-bond donors (Lipinski definition) is 2. The number of carbonyl (C=O) groups excluding carboxylic acids is 3. The maximum Gasteiger partial charge on any atom is 0.408 e. The molecule has 3 rings (SSSR count). The number of ether oxygens (including phenoxy) is 2. The van der Waals surface area contributed by atoms with Crippen LogP contribution in [0, 0.1) is 5.92 Å². The van der Waals surface area contributed by atoms with Gasteiger partial charge in [0.1, 0.15) is 28.1 Å². The average Bonchev–Trinajstić information content (AvgIpc) is 2.82. The summed E-state index contributed by atoms with van der Waals surface area (Å²) in [4.78, 5) is 38.1. The van der Waals surface area contributed by atoms with Crippen LogP contribution in [0.4, 0.5) is 4.79 Å². The monoisotopic (exact) mass is 484 g/mol. The Kier molecular flexibility index (Phi) is 8.11. The van der Waals surface area contributed by atoms with Crippen LogP contribution in [0.5, 0.6) is 5.75 Å². The first-order chi connectivity index (χ1) is 16.1. The number of aliphatic hydroxyl groups excluding tert-OH is 1. The molecule has 2 amide bonds. The van der Waals surface area contributed by atoms with E-state index in [0.717, 1.165) is 5.56 Å². The van der Waals surface area contributed by atoms with E-state index in [1.54, 1.807) is 34.9 Å². The van der Waals surface area contributed by atoms with Crippen LogP contribution in [0.25, 0.3) is 0 Å². The zero-order valence-electron chi connectivity index (χ0n) is 19.9. The largest absolute Gasteiger partial charge is 0.445 e. The third-order valence-electron chi connectivity index (χ3n) is 6.40. The number of hydrogen-bond acceptors (Lipinski definition) is 6. The van der Waals surface area contributed by atoms with Gasteiger partial charge in [-0.05, 0) is 28.7 Å². The lowest BCUT2D eigenvalue weighted by Gasteiger charge is -2.51. The lowest BCUT2D eigenvalue weighted by molar-refractivity contribution is -0.159. The topological polar surface area (TPSA) is 105 Å². The molecule has 1 aliphatic rings. The number of benzene rings is 2. The Labute approximate surface area is 202 Å². The van der Waals surface area contributed by atoms with E-state index in [1.165, 1.54) is 0 Å². The lowest BCUT2D eigenvalue weighted by Crippen LogP contribution is -2.76. The number of esters is 1. The van der Waals surface area contributed by atoms with Gasteiger partial charge in [0.05, 0.1) is 6.04 Å². The number of carbonyl (C=O) groups is 3. The molecule has 0 aliphatic carbocycles. The first-order valence-corrected chi connectivity index (χ1v) is 12.7. The molecule has 0 spiro atoms. The number of β-lactam (4-membered cyclic amide) rings is 1. The van der Waals surface area contributed by atoms with E-state index in [2.05, 4.69) is 33.0 Å². The first-order valence-electron chi connectivity index (χ1n) is 11.3. The second-order valence-corrected chi connectivity index (χ2v) is 12.3. The molecule has 34 heavy (non-hydrogen) atoms. The molecule has 3 unspecified atom stereocenters. The quantitative estimate of drug-likeness (QED) is 0.245. The number of nitrogens with zero attached hydrogens (tertiary/aromatic N) is 1. The normalized spacial score (nSPS) is 19.1. The van der Waals surface area contributed by atoms with E-state index < -0.39 is 39.9 Å². The summed E-state index contributed by atoms with van der Waals surface area (Å²) in [6, 6.07) is 15.5. The van der Waals surface area contributed by atoms with Crippen molar-refractivity contribution in [2.75, 3.05) is 0 Å². The van der Waals surface area contributed by atoms with Crippen molar-refractivity contribution in [3.63, 3.8) is 0 Å². The molecule has 1 fully saturated rings. The highest BCUT2D eigenvalue weighted by Gasteiger charge is 2.55. The Bertz CT molecular complexity index is 999. The highest BCUT2D eigenvalue weighted by Crippen LogP contribution is 2.37. The molecule has 0 radical (unpaired) electrons. The van der Waals surface area contributed by atoms with Crippen LogP contribution in [0.2, 0.25) is 5.04 Å². The molecule has 0 saturated carbocycles. The second kappa shape index (κ2) is 10.8. The molecule has 3 atom stereocenters. The predicted molar refractivity (Wildman–Crippen MR) is 130 cm³/mol. The van der Waals surface area contributed by atoms with Crippen LogP contribution < -0.4 is 10.1 Å². The van der Waals surface area contributed by atoms with Crippen LogP contribution in [-0.2, 0) is 20.9 Å². The number of nitrogens with one attached hydrogen (secondary N) is 1. The van der Waals surface area contributed by atoms with E-state index in [-0.39, 0.29) is 23.3 Å². The highest BCUT2D eigenvalue weighted by molar-refractivity contribution is 6.43. The summed E-state index contributed by atoms with van der Waals surface area (Å²) in [5.74, 6) is -0.623. The minimum absolute atomic E-state index is 0.0374. The summed E-state index contributed by atoms with van der Waals surface area (Å²) in [5.41, 5.74) is 0.799. The standard InChI is InChI=1S/C25H32N2O6Si/c1-16(2)25(3,4)34-27-20(21(28)23(30)33-18-13-9-6-10-14-18)19(22(27)29)26-24(31)32-15-17-11-7-5-8-12-17/h5-14,16,19-21,28H,15,34H2,1-4H3,(H,26,31). The maximum absolute atomic E-state index is 13.0. The van der Waals surface area contributed by atoms with Gasteiger partial charge in [0.15, 0.2) is 6.10 Å². The fourth-order valence-corrected chi connectivity index (χ4v) is 5.79. The smallest absolute Gasteiger partial charge is 0.408 e. The van der Waals surface area contributed by atoms with Crippen molar-refractivity contribution in [3.8, 4) is 5.75 Å². The Hall–Kier alpha value is -3.17. The van der Waals surface area contributed by atoms with Crippen molar-refractivity contribution < 1.29 is 29.0 Å². The van der Waals surface area contributed by atoms with Crippen molar-refractivity contribution in [3.05, 3.63) is 66.2 Å². The zero-order valence-corrected chi connectivity index (χ0v) is 21.3. The lowest BCUT2D eigenvalue weighted by atomic mass is 9.93. The van der Waals surface area contributed by atoms with Gasteiger partial charge < -0.3 is 24.5 Å². The Morgan fingerprint density at radius 2 is 1.68 bits per heavy atom. The fourth-order valence-electron chi connectivity index (χ4n) is 3.57. The molecule has 0 bridgehead atoms. The summed E-state index contributed by atoms with van der Waals surface area (Å²) in [5, 5.41) is 13.3. The summed E-state index contributed by atoms with van der Waals surface area (Å²) in [7, 11) is -1.23. The third-order valence-corrected chi connectivity index (χ3v) is 9.11. The molecular weight excluding hydrogens is 452 g/mol. The predicted octanol–water partition coefficient (Wildman–Crippen LogP) is 2.40. The van der Waals surface area contributed by atoms with Gasteiger partial charge in [-0.3, -0.25) is 4.79 Å². The van der Waals surface area contributed by atoms with Gasteiger partial charge in [0.2, 0.25) is 5.91 Å². The zero-order chi connectivity index (χ0) is 24.9. The van der Waals surface area contributed by atoms with Crippen molar-refractivity contribution in [2.45, 2.75) is 57.5 Å². The molecular formula is C25H32N2O6Si. The first kappa shape index (κ1) is 25.4. The van der Waals surface area contributed by atoms with Crippen LogP contribution in [0.15, 0.2) is 60.7 Å². The van der Waals surface area contributed by atoms with Crippen molar-refractivity contribution in [1.82, 2.24) is 9.88 Å².